The Bertz CT molecular complexity index is 377. The Morgan fingerprint density at radius 1 is 1.42 bits per heavy atom. The Balaban J connectivity index is 2.25. The maximum atomic E-state index is 11.8. The van der Waals surface area contributed by atoms with Crippen LogP contribution in [0.2, 0.25) is 0 Å². The second-order valence-electron chi connectivity index (χ2n) is 4.70. The normalized spacial score (nSPS) is 14.1. The summed E-state index contributed by atoms with van der Waals surface area (Å²) in [6, 6.07) is 2.03. The Morgan fingerprint density at radius 3 is 2.63 bits per heavy atom. The van der Waals surface area contributed by atoms with Crippen LogP contribution in [0.1, 0.15) is 32.0 Å². The molecule has 0 fully saturated rings. The summed E-state index contributed by atoms with van der Waals surface area (Å²) in [5, 5.41) is 13.9. The number of aromatic nitrogens is 2. The van der Waals surface area contributed by atoms with Gasteiger partial charge in [0.15, 0.2) is 0 Å². The van der Waals surface area contributed by atoms with E-state index in [0.29, 0.717) is 6.42 Å². The summed E-state index contributed by atoms with van der Waals surface area (Å²) in [5.74, 6) is 0. The minimum Gasteiger partial charge on any atom is -0.393 e. The van der Waals surface area contributed by atoms with Crippen molar-refractivity contribution in [2.75, 3.05) is 13.2 Å². The first-order valence-corrected chi connectivity index (χ1v) is 6.14. The molecule has 1 atom stereocenters. The van der Waals surface area contributed by atoms with E-state index in [1.165, 1.54) is 0 Å². The molecular weight excluding hydrogens is 261 g/mol. The van der Waals surface area contributed by atoms with E-state index >= 15 is 0 Å². The molecule has 7 heteroatoms. The Labute approximate surface area is 110 Å². The van der Waals surface area contributed by atoms with E-state index < -0.39 is 18.9 Å². The van der Waals surface area contributed by atoms with E-state index in [4.69, 9.17) is 0 Å². The van der Waals surface area contributed by atoms with Crippen LogP contribution in [0, 0.1) is 0 Å². The topological polar surface area (TPSA) is 47.3 Å². The highest BCUT2D eigenvalue weighted by Gasteiger charge is 2.27. The van der Waals surface area contributed by atoms with Crippen LogP contribution >= 0.6 is 0 Å². The molecule has 4 nitrogen and oxygen atoms in total. The summed E-state index contributed by atoms with van der Waals surface area (Å²) in [7, 11) is 0. The lowest BCUT2D eigenvalue weighted by atomic mass is 10.1. The molecular formula is C12H19F3N2O2. The summed E-state index contributed by atoms with van der Waals surface area (Å²) in [4.78, 5) is 0. The highest BCUT2D eigenvalue weighted by Crippen LogP contribution is 2.15. The van der Waals surface area contributed by atoms with Gasteiger partial charge in [-0.05, 0) is 26.3 Å². The lowest BCUT2D eigenvalue weighted by Gasteiger charge is -2.11. The molecule has 1 aromatic rings. The zero-order chi connectivity index (χ0) is 14.5. The van der Waals surface area contributed by atoms with Crippen molar-refractivity contribution in [3.05, 3.63) is 18.0 Å². The van der Waals surface area contributed by atoms with Gasteiger partial charge in [0.1, 0.15) is 6.61 Å². The first kappa shape index (κ1) is 16.0. The molecule has 1 N–H and O–H groups in total. The van der Waals surface area contributed by atoms with Crippen molar-refractivity contribution < 1.29 is 23.0 Å². The third kappa shape index (κ3) is 6.58. The van der Waals surface area contributed by atoms with Gasteiger partial charge in [-0.15, -0.1) is 0 Å². The fourth-order valence-electron chi connectivity index (χ4n) is 1.52. The van der Waals surface area contributed by atoms with Gasteiger partial charge in [-0.2, -0.15) is 18.3 Å². The molecule has 1 rings (SSSR count). The maximum absolute atomic E-state index is 11.8. The number of aliphatic hydroxyl groups is 1. The van der Waals surface area contributed by atoms with E-state index in [1.54, 1.807) is 10.7 Å². The number of nitrogens with zero attached hydrogens (tertiary/aromatic N) is 2. The van der Waals surface area contributed by atoms with Crippen LogP contribution in [0.3, 0.4) is 0 Å². The van der Waals surface area contributed by atoms with Gasteiger partial charge in [-0.1, -0.05) is 0 Å². The quantitative estimate of drug-likeness (QED) is 0.780. The summed E-state index contributed by atoms with van der Waals surface area (Å²) in [5.41, 5.74) is 0.719. The Hall–Kier alpha value is -1.08. The molecule has 0 bridgehead atoms. The summed E-state index contributed by atoms with van der Waals surface area (Å²) in [6.07, 6.45) is -2.78. The Kier molecular flexibility index (Phi) is 5.81. The van der Waals surface area contributed by atoms with Crippen LogP contribution in [-0.2, 0) is 11.2 Å². The number of alkyl halides is 3. The lowest BCUT2D eigenvalue weighted by molar-refractivity contribution is -0.175. The summed E-state index contributed by atoms with van der Waals surface area (Å²) < 4.78 is 41.6. The summed E-state index contributed by atoms with van der Waals surface area (Å²) >= 11 is 0. The van der Waals surface area contributed by atoms with E-state index in [9.17, 15) is 18.3 Å². The van der Waals surface area contributed by atoms with Crippen LogP contribution in [0.4, 0.5) is 13.2 Å². The molecule has 0 aliphatic heterocycles. The monoisotopic (exact) mass is 280 g/mol. The molecule has 1 aromatic heterocycles. The molecule has 1 heterocycles. The summed E-state index contributed by atoms with van der Waals surface area (Å²) in [6.45, 7) is 2.57. The average Bonchev–Trinajstić information content (AvgIpc) is 2.71. The molecule has 0 aliphatic rings. The smallest absolute Gasteiger partial charge is 0.393 e. The van der Waals surface area contributed by atoms with Gasteiger partial charge in [0.05, 0.1) is 11.8 Å². The molecule has 0 radical (unpaired) electrons. The molecule has 0 aromatic carbocycles. The van der Waals surface area contributed by atoms with Gasteiger partial charge in [0, 0.05) is 25.3 Å². The van der Waals surface area contributed by atoms with Gasteiger partial charge in [-0.25, -0.2) is 0 Å². The van der Waals surface area contributed by atoms with Crippen molar-refractivity contribution in [1.29, 1.82) is 0 Å². The van der Waals surface area contributed by atoms with Gasteiger partial charge in [0.25, 0.3) is 0 Å². The molecule has 0 spiro atoms. The van der Waals surface area contributed by atoms with Crippen LogP contribution in [0.5, 0.6) is 0 Å². The van der Waals surface area contributed by atoms with Gasteiger partial charge < -0.3 is 9.84 Å². The Morgan fingerprint density at radius 2 is 2.11 bits per heavy atom. The second-order valence-corrected chi connectivity index (χ2v) is 4.70. The zero-order valence-electron chi connectivity index (χ0n) is 11.0. The molecule has 110 valence electrons. The molecule has 19 heavy (non-hydrogen) atoms. The second kappa shape index (κ2) is 6.91. The van der Waals surface area contributed by atoms with Crippen molar-refractivity contribution in [3.63, 3.8) is 0 Å². The minimum absolute atomic E-state index is 0.119. The number of aliphatic hydroxyl groups excluding tert-OH is 1. The highest BCUT2D eigenvalue weighted by molar-refractivity contribution is 5.01. The average molecular weight is 280 g/mol. The highest BCUT2D eigenvalue weighted by atomic mass is 19.4. The van der Waals surface area contributed by atoms with Crippen molar-refractivity contribution in [2.45, 2.75) is 45.0 Å². The maximum Gasteiger partial charge on any atom is 0.411 e. The van der Waals surface area contributed by atoms with Gasteiger partial charge in [-0.3, -0.25) is 4.68 Å². The van der Waals surface area contributed by atoms with Crippen molar-refractivity contribution in [1.82, 2.24) is 9.78 Å². The molecule has 1 unspecified atom stereocenters. The first-order valence-electron chi connectivity index (χ1n) is 6.14. The van der Waals surface area contributed by atoms with E-state index in [-0.39, 0.29) is 19.1 Å². The van der Waals surface area contributed by atoms with Gasteiger partial charge >= 0.3 is 6.18 Å². The standard InChI is InChI=1S/C12H19F3N2O2/c1-9(2)17-5-3-10(16-17)7-11(18)4-6-19-8-12(13,14)15/h3,5,9,11,18H,4,6-8H2,1-2H3. The fourth-order valence-corrected chi connectivity index (χ4v) is 1.52. The van der Waals surface area contributed by atoms with E-state index in [0.717, 1.165) is 5.69 Å². The first-order chi connectivity index (χ1) is 8.78. The number of halogens is 3. The molecule has 0 amide bonds. The third-order valence-electron chi connectivity index (χ3n) is 2.50. The largest absolute Gasteiger partial charge is 0.411 e. The number of ether oxygens (including phenoxy) is 1. The van der Waals surface area contributed by atoms with Crippen LogP contribution in [-0.4, -0.2) is 40.4 Å². The van der Waals surface area contributed by atoms with E-state index in [1.807, 2.05) is 20.0 Å². The number of hydrogen-bond donors (Lipinski definition) is 1. The van der Waals surface area contributed by atoms with Crippen LogP contribution < -0.4 is 0 Å². The van der Waals surface area contributed by atoms with Crippen molar-refractivity contribution >= 4 is 0 Å². The van der Waals surface area contributed by atoms with Gasteiger partial charge in [0.2, 0.25) is 0 Å². The number of hydrogen-bond acceptors (Lipinski definition) is 3. The predicted octanol–water partition coefficient (Wildman–Crippen LogP) is 2.34. The minimum atomic E-state index is -4.32. The number of rotatable bonds is 7. The third-order valence-corrected chi connectivity index (χ3v) is 2.50. The molecule has 0 saturated heterocycles. The van der Waals surface area contributed by atoms with Crippen molar-refractivity contribution in [3.8, 4) is 0 Å². The zero-order valence-corrected chi connectivity index (χ0v) is 11.0. The van der Waals surface area contributed by atoms with E-state index in [2.05, 4.69) is 9.84 Å². The lowest BCUT2D eigenvalue weighted by Crippen LogP contribution is -2.20. The SMILES string of the molecule is CC(C)n1ccc(CC(O)CCOCC(F)(F)F)n1. The van der Waals surface area contributed by atoms with Crippen LogP contribution in [0.25, 0.3) is 0 Å². The van der Waals surface area contributed by atoms with Crippen molar-refractivity contribution in [2.24, 2.45) is 0 Å². The molecule has 0 saturated carbocycles. The van der Waals surface area contributed by atoms with Crippen LogP contribution in [0.15, 0.2) is 12.3 Å². The molecule has 0 aliphatic carbocycles. The predicted molar refractivity (Wildman–Crippen MR) is 63.8 cm³/mol. The fraction of sp³-hybridized carbons (Fsp3) is 0.750.